The van der Waals surface area contributed by atoms with E-state index >= 15 is 0 Å². The summed E-state index contributed by atoms with van der Waals surface area (Å²) in [5.41, 5.74) is -0.653. The lowest BCUT2D eigenvalue weighted by Crippen LogP contribution is -2.42. The van der Waals surface area contributed by atoms with Crippen LogP contribution in [-0.2, 0) is 0 Å². The molecule has 0 amide bonds. The Balaban J connectivity index is 2.60. The van der Waals surface area contributed by atoms with Crippen LogP contribution in [-0.4, -0.2) is 23.1 Å². The van der Waals surface area contributed by atoms with Gasteiger partial charge in [0.1, 0.15) is 0 Å². The maximum atomic E-state index is 12.6. The molecule has 1 aromatic carbocycles. The zero-order valence-corrected chi connectivity index (χ0v) is 10.2. The van der Waals surface area contributed by atoms with Crippen LogP contribution in [0.5, 0.6) is 0 Å². The van der Waals surface area contributed by atoms with Gasteiger partial charge in [-0.05, 0) is 11.5 Å². The van der Waals surface area contributed by atoms with Gasteiger partial charge in [-0.1, -0.05) is 18.2 Å². The third kappa shape index (κ3) is 2.98. The molecule has 0 unspecified atom stereocenters. The highest BCUT2D eigenvalue weighted by molar-refractivity contribution is 6.09. The molecule has 0 spiro atoms. The van der Waals surface area contributed by atoms with Gasteiger partial charge < -0.3 is 0 Å². The van der Waals surface area contributed by atoms with E-state index in [9.17, 15) is 31.1 Å². The number of rotatable bonds is 2. The van der Waals surface area contributed by atoms with Crippen molar-refractivity contribution in [1.82, 2.24) is 4.98 Å². The van der Waals surface area contributed by atoms with Crippen molar-refractivity contribution < 1.29 is 31.1 Å². The third-order valence-corrected chi connectivity index (χ3v) is 2.87. The first-order valence-corrected chi connectivity index (χ1v) is 5.63. The fourth-order valence-corrected chi connectivity index (χ4v) is 1.97. The number of nitrogens with zero attached hydrogens (tertiary/aromatic N) is 1. The van der Waals surface area contributed by atoms with Crippen molar-refractivity contribution in [3.8, 4) is 0 Å². The summed E-state index contributed by atoms with van der Waals surface area (Å²) in [6.07, 6.45) is -9.03. The van der Waals surface area contributed by atoms with Gasteiger partial charge in [-0.3, -0.25) is 9.78 Å². The lowest BCUT2D eigenvalue weighted by Gasteiger charge is -2.22. The first-order chi connectivity index (χ1) is 9.62. The molecule has 2 aromatic rings. The number of halogens is 6. The second-order valence-electron chi connectivity index (χ2n) is 4.28. The second kappa shape index (κ2) is 5.01. The average molecular weight is 307 g/mol. The fourth-order valence-electron chi connectivity index (χ4n) is 1.97. The highest BCUT2D eigenvalue weighted by atomic mass is 19.4. The van der Waals surface area contributed by atoms with Crippen molar-refractivity contribution in [2.75, 3.05) is 0 Å². The predicted molar refractivity (Wildman–Crippen MR) is 61.7 cm³/mol. The van der Waals surface area contributed by atoms with Gasteiger partial charge in [0, 0.05) is 23.3 Å². The Kier molecular flexibility index (Phi) is 3.65. The highest BCUT2D eigenvalue weighted by Crippen LogP contribution is 2.41. The number of ketones is 1. The molecule has 1 heterocycles. The lowest BCUT2D eigenvalue weighted by atomic mass is 9.93. The number of benzene rings is 1. The Hall–Kier alpha value is -2.12. The van der Waals surface area contributed by atoms with E-state index in [1.54, 1.807) is 0 Å². The number of alkyl halides is 6. The molecule has 0 bridgehead atoms. The number of pyridine rings is 1. The summed E-state index contributed by atoms with van der Waals surface area (Å²) >= 11 is 0. The van der Waals surface area contributed by atoms with Crippen LogP contribution in [0.15, 0.2) is 36.7 Å². The molecule has 2 rings (SSSR count). The van der Waals surface area contributed by atoms with Crippen LogP contribution in [0.25, 0.3) is 10.8 Å². The van der Waals surface area contributed by atoms with Crippen molar-refractivity contribution in [2.24, 2.45) is 5.92 Å². The molecule has 0 radical (unpaired) electrons. The molecule has 21 heavy (non-hydrogen) atoms. The van der Waals surface area contributed by atoms with E-state index in [2.05, 4.69) is 4.98 Å². The Morgan fingerprint density at radius 3 is 2.19 bits per heavy atom. The number of carbonyl (C=O) groups excluding carboxylic acids is 1. The highest BCUT2D eigenvalue weighted by Gasteiger charge is 2.61. The molecule has 2 nitrogen and oxygen atoms in total. The Bertz CT molecular complexity index is 657. The minimum absolute atomic E-state index is 0.0523. The smallest absolute Gasteiger partial charge is 0.293 e. The summed E-state index contributed by atoms with van der Waals surface area (Å²) in [6, 6.07) is 5.00. The maximum absolute atomic E-state index is 12.6. The van der Waals surface area contributed by atoms with E-state index in [0.717, 1.165) is 12.3 Å². The van der Waals surface area contributed by atoms with E-state index in [0.29, 0.717) is 5.39 Å². The van der Waals surface area contributed by atoms with E-state index in [-0.39, 0.29) is 5.39 Å². The number of aromatic nitrogens is 1. The maximum Gasteiger partial charge on any atom is 0.407 e. The normalized spacial score (nSPS) is 12.9. The molecule has 0 saturated heterocycles. The Morgan fingerprint density at radius 1 is 1.00 bits per heavy atom. The van der Waals surface area contributed by atoms with Crippen molar-refractivity contribution >= 4 is 16.6 Å². The molecule has 0 atom stereocenters. The second-order valence-corrected chi connectivity index (χ2v) is 4.28. The summed E-state index contributed by atoms with van der Waals surface area (Å²) < 4.78 is 75.6. The van der Waals surface area contributed by atoms with Crippen LogP contribution >= 0.6 is 0 Å². The summed E-state index contributed by atoms with van der Waals surface area (Å²) in [5, 5.41) is 0.280. The van der Waals surface area contributed by atoms with Crippen molar-refractivity contribution in [1.29, 1.82) is 0 Å². The van der Waals surface area contributed by atoms with Crippen molar-refractivity contribution in [3.63, 3.8) is 0 Å². The predicted octanol–water partition coefficient (Wildman–Crippen LogP) is 4.16. The molecule has 0 fully saturated rings. The quantitative estimate of drug-likeness (QED) is 0.616. The van der Waals surface area contributed by atoms with Gasteiger partial charge in [-0.25, -0.2) is 0 Å². The first-order valence-electron chi connectivity index (χ1n) is 5.63. The topological polar surface area (TPSA) is 30.0 Å². The van der Waals surface area contributed by atoms with E-state index < -0.39 is 29.6 Å². The van der Waals surface area contributed by atoms with Crippen LogP contribution in [0.1, 0.15) is 10.4 Å². The molecule has 0 N–H and O–H groups in total. The van der Waals surface area contributed by atoms with Gasteiger partial charge in [0.15, 0.2) is 5.78 Å². The average Bonchev–Trinajstić information content (AvgIpc) is 2.34. The zero-order valence-electron chi connectivity index (χ0n) is 10.2. The molecule has 0 aliphatic carbocycles. The van der Waals surface area contributed by atoms with Crippen LogP contribution in [0.4, 0.5) is 26.3 Å². The van der Waals surface area contributed by atoms with E-state index in [1.807, 2.05) is 0 Å². The number of hydrogen-bond acceptors (Lipinski definition) is 2. The standard InChI is InChI=1S/C13H7F6NO/c14-12(15,16)11(13(17,18)19)10(21)8-3-1-2-7-4-5-20-6-9(7)8/h1-6,11H. The van der Waals surface area contributed by atoms with Crippen molar-refractivity contribution in [3.05, 3.63) is 42.2 Å². The first kappa shape index (κ1) is 15.3. The zero-order chi connectivity index (χ0) is 15.8. The van der Waals surface area contributed by atoms with Crippen molar-refractivity contribution in [2.45, 2.75) is 12.4 Å². The van der Waals surface area contributed by atoms with E-state index in [4.69, 9.17) is 0 Å². The van der Waals surface area contributed by atoms with Gasteiger partial charge in [-0.2, -0.15) is 26.3 Å². The molecule has 112 valence electrons. The summed E-state index contributed by atoms with van der Waals surface area (Å²) in [5.74, 6) is -6.08. The molecular formula is C13H7F6NO. The summed E-state index contributed by atoms with van der Waals surface area (Å²) in [7, 11) is 0. The molecule has 0 saturated carbocycles. The van der Waals surface area contributed by atoms with Gasteiger partial charge in [-0.15, -0.1) is 0 Å². The number of fused-ring (bicyclic) bond motifs is 1. The van der Waals surface area contributed by atoms with Crippen LogP contribution < -0.4 is 0 Å². The number of Topliss-reactive ketones (excluding diaryl/α,β-unsaturated/α-hetero) is 1. The Morgan fingerprint density at radius 2 is 1.62 bits per heavy atom. The fraction of sp³-hybridized carbons (Fsp3) is 0.231. The SMILES string of the molecule is O=C(c1cccc2ccncc12)C(C(F)(F)F)C(F)(F)F. The van der Waals surface area contributed by atoms with Crippen LogP contribution in [0, 0.1) is 5.92 Å². The minimum Gasteiger partial charge on any atom is -0.293 e. The van der Waals surface area contributed by atoms with Gasteiger partial charge in [0.2, 0.25) is 5.92 Å². The molecule has 0 aliphatic rings. The summed E-state index contributed by atoms with van der Waals surface area (Å²) in [4.78, 5) is 15.4. The van der Waals surface area contributed by atoms with Gasteiger partial charge >= 0.3 is 12.4 Å². The van der Waals surface area contributed by atoms with Crippen LogP contribution in [0.3, 0.4) is 0 Å². The molecule has 1 aromatic heterocycles. The number of carbonyl (C=O) groups is 1. The summed E-state index contributed by atoms with van der Waals surface area (Å²) in [6.45, 7) is 0. The van der Waals surface area contributed by atoms with Gasteiger partial charge in [0.05, 0.1) is 0 Å². The molecule has 8 heteroatoms. The third-order valence-electron chi connectivity index (χ3n) is 2.87. The van der Waals surface area contributed by atoms with Crippen LogP contribution in [0.2, 0.25) is 0 Å². The van der Waals surface area contributed by atoms with Gasteiger partial charge in [0.25, 0.3) is 0 Å². The minimum atomic E-state index is -5.71. The molecular weight excluding hydrogens is 300 g/mol. The Labute approximate surface area is 114 Å². The number of hydrogen-bond donors (Lipinski definition) is 0. The van der Waals surface area contributed by atoms with E-state index in [1.165, 1.54) is 24.4 Å². The monoisotopic (exact) mass is 307 g/mol. The largest absolute Gasteiger partial charge is 0.407 e. The lowest BCUT2D eigenvalue weighted by molar-refractivity contribution is -0.264. The molecule has 0 aliphatic heterocycles.